The molecule has 0 unspecified atom stereocenters. The Morgan fingerprint density at radius 2 is 2.21 bits per heavy atom. The molecule has 0 radical (unpaired) electrons. The van der Waals surface area contributed by atoms with Gasteiger partial charge in [-0.05, 0) is 18.2 Å². The van der Waals surface area contributed by atoms with Crippen LogP contribution in [0.15, 0.2) is 50.5 Å². The molecule has 0 atom stereocenters. The maximum atomic E-state index is 11.9. The first kappa shape index (κ1) is 15.7. The zero-order chi connectivity index (χ0) is 16.7. The van der Waals surface area contributed by atoms with Gasteiger partial charge in [-0.15, -0.1) is 11.3 Å². The summed E-state index contributed by atoms with van der Waals surface area (Å²) in [7, 11) is -3.24. The normalized spacial score (nSPS) is 12.4. The highest BCUT2D eigenvalue weighted by Crippen LogP contribution is 2.28. The number of oxazole rings is 1. The molecular weight excluding hydrogens is 366 g/mol. The molecule has 0 aliphatic heterocycles. The third-order valence-electron chi connectivity index (χ3n) is 3.57. The molecule has 0 fully saturated rings. The summed E-state index contributed by atoms with van der Waals surface area (Å²) in [4.78, 5) is 10.1. The molecule has 0 aliphatic rings. The maximum Gasteiger partial charge on any atom is 0.257 e. The molecule has 0 N–H and O–H groups in total. The average molecular weight is 379 g/mol. The van der Waals surface area contributed by atoms with Crippen molar-refractivity contribution in [2.75, 3.05) is 5.75 Å². The van der Waals surface area contributed by atoms with E-state index in [-0.39, 0.29) is 10.6 Å². The minimum Gasteiger partial charge on any atom is -0.431 e. The second-order valence-corrected chi connectivity index (χ2v) is 9.20. The molecule has 0 amide bonds. The summed E-state index contributed by atoms with van der Waals surface area (Å²) in [5.74, 6) is 0.705. The zero-order valence-corrected chi connectivity index (χ0v) is 15.1. The van der Waals surface area contributed by atoms with Crippen LogP contribution in [0.1, 0.15) is 12.6 Å². The highest BCUT2D eigenvalue weighted by molar-refractivity contribution is 7.98. The summed E-state index contributed by atoms with van der Waals surface area (Å²) >= 11 is 3.02. The van der Waals surface area contributed by atoms with E-state index in [1.807, 2.05) is 22.2 Å². The number of rotatable bonds is 5. The van der Waals surface area contributed by atoms with Crippen LogP contribution in [-0.4, -0.2) is 28.5 Å². The Morgan fingerprint density at radius 3 is 3.00 bits per heavy atom. The van der Waals surface area contributed by atoms with Crippen molar-refractivity contribution in [2.24, 2.45) is 0 Å². The van der Waals surface area contributed by atoms with Gasteiger partial charge >= 0.3 is 0 Å². The van der Waals surface area contributed by atoms with Crippen LogP contribution in [0.4, 0.5) is 0 Å². The maximum absolute atomic E-state index is 11.9. The first-order valence-corrected chi connectivity index (χ1v) is 10.7. The van der Waals surface area contributed by atoms with Gasteiger partial charge in [0.1, 0.15) is 5.52 Å². The summed E-state index contributed by atoms with van der Waals surface area (Å²) in [5, 5.41) is 2.49. The topological polar surface area (TPSA) is 77.5 Å². The van der Waals surface area contributed by atoms with Crippen LogP contribution in [0.5, 0.6) is 0 Å². The summed E-state index contributed by atoms with van der Waals surface area (Å²) in [6.45, 7) is 1.62. The first-order chi connectivity index (χ1) is 11.5. The lowest BCUT2D eigenvalue weighted by Crippen LogP contribution is -2.03. The Kier molecular flexibility index (Phi) is 3.86. The van der Waals surface area contributed by atoms with Gasteiger partial charge in [0.15, 0.2) is 20.4 Å². The van der Waals surface area contributed by atoms with Gasteiger partial charge in [0.05, 0.1) is 16.3 Å². The highest BCUT2D eigenvalue weighted by Gasteiger charge is 2.15. The molecule has 0 saturated carbocycles. The Morgan fingerprint density at radius 1 is 1.33 bits per heavy atom. The van der Waals surface area contributed by atoms with Crippen molar-refractivity contribution in [3.8, 4) is 0 Å². The van der Waals surface area contributed by atoms with Crippen LogP contribution >= 0.6 is 23.1 Å². The largest absolute Gasteiger partial charge is 0.431 e. The van der Waals surface area contributed by atoms with Crippen LogP contribution in [0, 0.1) is 0 Å². The molecule has 1 aromatic carbocycles. The molecule has 4 rings (SSSR count). The van der Waals surface area contributed by atoms with E-state index in [1.54, 1.807) is 36.5 Å². The first-order valence-electron chi connectivity index (χ1n) is 7.22. The third-order valence-corrected chi connectivity index (χ3v) is 6.93. The van der Waals surface area contributed by atoms with Crippen LogP contribution in [0.25, 0.3) is 16.1 Å². The molecular formula is C15H13N3O3S3. The summed E-state index contributed by atoms with van der Waals surface area (Å²) in [5.41, 5.74) is 2.08. The van der Waals surface area contributed by atoms with Gasteiger partial charge in [0.2, 0.25) is 0 Å². The molecule has 3 aromatic heterocycles. The van der Waals surface area contributed by atoms with Gasteiger partial charge in [0, 0.05) is 23.5 Å². The molecule has 24 heavy (non-hydrogen) atoms. The predicted octanol–water partition coefficient (Wildman–Crippen LogP) is 3.62. The van der Waals surface area contributed by atoms with Crippen LogP contribution in [0.2, 0.25) is 0 Å². The van der Waals surface area contributed by atoms with E-state index in [2.05, 4.69) is 9.97 Å². The lowest BCUT2D eigenvalue weighted by molar-refractivity contribution is 0.489. The molecule has 0 bridgehead atoms. The minimum atomic E-state index is -3.24. The van der Waals surface area contributed by atoms with Gasteiger partial charge in [-0.25, -0.2) is 18.4 Å². The van der Waals surface area contributed by atoms with Crippen molar-refractivity contribution in [2.45, 2.75) is 22.8 Å². The fraction of sp³-hybridized carbons (Fsp3) is 0.200. The number of thioether (sulfide) groups is 1. The predicted molar refractivity (Wildman–Crippen MR) is 94.4 cm³/mol. The van der Waals surface area contributed by atoms with Gasteiger partial charge < -0.3 is 4.42 Å². The molecule has 4 aromatic rings. The van der Waals surface area contributed by atoms with Crippen LogP contribution < -0.4 is 0 Å². The standard InChI is InChI=1S/C15H13N3O3S3/c1-2-24(19,20)11-3-4-13-12(7-11)17-15(21-13)23-9-10-8-18-5-6-22-14(18)16-10/h3-8H,2,9H2,1H3. The molecule has 6 nitrogen and oxygen atoms in total. The minimum absolute atomic E-state index is 0.0649. The summed E-state index contributed by atoms with van der Waals surface area (Å²) in [6.07, 6.45) is 3.95. The molecule has 124 valence electrons. The average Bonchev–Trinajstić information content (AvgIpc) is 3.25. The van der Waals surface area contributed by atoms with Gasteiger partial charge in [0.25, 0.3) is 5.22 Å². The van der Waals surface area contributed by atoms with Crippen molar-refractivity contribution in [1.82, 2.24) is 14.4 Å². The second-order valence-electron chi connectivity index (χ2n) is 5.13. The van der Waals surface area contributed by atoms with Gasteiger partial charge in [-0.1, -0.05) is 18.7 Å². The third kappa shape index (κ3) is 2.83. The van der Waals surface area contributed by atoms with E-state index < -0.39 is 9.84 Å². The molecule has 0 spiro atoms. The second kappa shape index (κ2) is 5.91. The van der Waals surface area contributed by atoms with E-state index in [0.29, 0.717) is 22.1 Å². The number of imidazole rings is 1. The molecule has 0 aliphatic carbocycles. The summed E-state index contributed by atoms with van der Waals surface area (Å²) in [6, 6.07) is 4.78. The van der Waals surface area contributed by atoms with E-state index in [9.17, 15) is 8.42 Å². The fourth-order valence-corrected chi connectivity index (χ4v) is 4.63. The number of hydrogen-bond acceptors (Lipinski definition) is 7. The summed E-state index contributed by atoms with van der Waals surface area (Å²) < 4.78 is 31.5. The molecule has 0 saturated heterocycles. The van der Waals surface area contributed by atoms with Gasteiger partial charge in [-0.3, -0.25) is 4.40 Å². The van der Waals surface area contributed by atoms with E-state index in [0.717, 1.165) is 10.7 Å². The quantitative estimate of drug-likeness (QED) is 0.493. The Balaban J connectivity index is 1.57. The number of thiazole rings is 1. The van der Waals surface area contributed by atoms with Crippen molar-refractivity contribution < 1.29 is 12.8 Å². The monoisotopic (exact) mass is 379 g/mol. The molecule has 3 heterocycles. The lowest BCUT2D eigenvalue weighted by Gasteiger charge is -1.99. The highest BCUT2D eigenvalue weighted by atomic mass is 32.2. The van der Waals surface area contributed by atoms with Crippen molar-refractivity contribution >= 4 is 49.0 Å². The number of benzene rings is 1. The lowest BCUT2D eigenvalue weighted by atomic mass is 10.3. The van der Waals surface area contributed by atoms with E-state index in [4.69, 9.17) is 4.42 Å². The SMILES string of the molecule is CCS(=O)(=O)c1ccc2oc(SCc3cn4ccsc4n3)nc2c1. The number of hydrogen-bond donors (Lipinski definition) is 0. The molecule has 9 heteroatoms. The van der Waals surface area contributed by atoms with Crippen molar-refractivity contribution in [3.63, 3.8) is 0 Å². The number of sulfone groups is 1. The number of fused-ring (bicyclic) bond motifs is 2. The number of aromatic nitrogens is 3. The Labute approximate surface area is 146 Å². The Hall–Kier alpha value is -1.84. The van der Waals surface area contributed by atoms with Crippen molar-refractivity contribution in [1.29, 1.82) is 0 Å². The Bertz CT molecular complexity index is 1100. The number of nitrogens with zero attached hydrogens (tertiary/aromatic N) is 3. The van der Waals surface area contributed by atoms with Crippen molar-refractivity contribution in [3.05, 3.63) is 41.7 Å². The van der Waals surface area contributed by atoms with E-state index in [1.165, 1.54) is 11.8 Å². The van der Waals surface area contributed by atoms with Gasteiger partial charge in [-0.2, -0.15) is 0 Å². The fourth-order valence-electron chi connectivity index (χ4n) is 2.29. The smallest absolute Gasteiger partial charge is 0.257 e. The zero-order valence-electron chi connectivity index (χ0n) is 12.7. The van der Waals surface area contributed by atoms with Crippen LogP contribution in [-0.2, 0) is 15.6 Å². The van der Waals surface area contributed by atoms with E-state index >= 15 is 0 Å². The van der Waals surface area contributed by atoms with Crippen LogP contribution in [0.3, 0.4) is 0 Å².